The molecule has 3 heterocycles. The molecule has 134 valence electrons. The molecule has 0 spiro atoms. The number of H-pyrrole nitrogens is 1. The Bertz CT molecular complexity index is 880. The highest BCUT2D eigenvalue weighted by Gasteiger charge is 2.32. The molecule has 1 aliphatic rings. The van der Waals surface area contributed by atoms with Crippen molar-refractivity contribution in [3.8, 4) is 0 Å². The van der Waals surface area contributed by atoms with Crippen LogP contribution in [0.5, 0.6) is 0 Å². The average molecular weight is 348 g/mol. The Balaban J connectivity index is 1.56. The fourth-order valence-electron chi connectivity index (χ4n) is 3.75. The molecule has 1 amide bonds. The summed E-state index contributed by atoms with van der Waals surface area (Å²) in [5.74, 6) is 0.0582. The number of hydrogen-bond donors (Lipinski definition) is 1. The molecular formula is C21H24N4O. The van der Waals surface area contributed by atoms with Crippen molar-refractivity contribution in [1.82, 2.24) is 19.8 Å². The summed E-state index contributed by atoms with van der Waals surface area (Å²) in [4.78, 5) is 25.1. The Morgan fingerprint density at radius 1 is 1.27 bits per heavy atom. The molecule has 1 atom stereocenters. The molecule has 1 aromatic carbocycles. The zero-order chi connectivity index (χ0) is 18.1. The van der Waals surface area contributed by atoms with Crippen molar-refractivity contribution in [2.45, 2.75) is 25.4 Å². The molecule has 4 rings (SSSR count). The minimum absolute atomic E-state index is 0.0577. The highest BCUT2D eigenvalue weighted by molar-refractivity contribution is 5.98. The maximum atomic E-state index is 13.1. The van der Waals surface area contributed by atoms with E-state index in [9.17, 15) is 4.79 Å². The Morgan fingerprint density at radius 3 is 2.85 bits per heavy atom. The van der Waals surface area contributed by atoms with Crippen molar-refractivity contribution in [2.24, 2.45) is 0 Å². The van der Waals surface area contributed by atoms with Gasteiger partial charge in [0.25, 0.3) is 5.91 Å². The molecule has 1 N–H and O–H groups in total. The first-order valence-electron chi connectivity index (χ1n) is 9.10. The number of aromatic amines is 1. The van der Waals surface area contributed by atoms with E-state index in [0.717, 1.165) is 42.5 Å². The highest BCUT2D eigenvalue weighted by atomic mass is 16.2. The summed E-state index contributed by atoms with van der Waals surface area (Å²) in [5.41, 5.74) is 3.82. The lowest BCUT2D eigenvalue weighted by molar-refractivity contribution is 0.0728. The third-order valence-corrected chi connectivity index (χ3v) is 4.96. The van der Waals surface area contributed by atoms with Crippen LogP contribution in [0.2, 0.25) is 0 Å². The van der Waals surface area contributed by atoms with Gasteiger partial charge in [-0.15, -0.1) is 0 Å². The molecule has 0 bridgehead atoms. The Hall–Kier alpha value is -2.66. The van der Waals surface area contributed by atoms with Gasteiger partial charge in [0, 0.05) is 30.2 Å². The summed E-state index contributed by atoms with van der Waals surface area (Å²) in [6.45, 7) is 1.65. The summed E-state index contributed by atoms with van der Waals surface area (Å²) in [6.07, 6.45) is 3.91. The van der Waals surface area contributed by atoms with Crippen LogP contribution in [0.4, 0.5) is 0 Å². The fourth-order valence-corrected chi connectivity index (χ4v) is 3.75. The number of fused-ring (bicyclic) bond motifs is 1. The number of likely N-dealkylation sites (tertiary alicyclic amines) is 1. The van der Waals surface area contributed by atoms with Gasteiger partial charge in [-0.1, -0.05) is 24.3 Å². The number of rotatable bonds is 4. The van der Waals surface area contributed by atoms with E-state index >= 15 is 0 Å². The third-order valence-electron chi connectivity index (χ3n) is 4.96. The minimum atomic E-state index is 0.0577. The van der Waals surface area contributed by atoms with Crippen LogP contribution in [0.15, 0.2) is 48.7 Å². The monoisotopic (exact) mass is 348 g/mol. The summed E-state index contributed by atoms with van der Waals surface area (Å²) >= 11 is 0. The first-order chi connectivity index (χ1) is 12.6. The van der Waals surface area contributed by atoms with Gasteiger partial charge in [0.2, 0.25) is 0 Å². The van der Waals surface area contributed by atoms with Crippen molar-refractivity contribution < 1.29 is 4.79 Å². The molecule has 1 saturated heterocycles. The van der Waals surface area contributed by atoms with Gasteiger partial charge in [-0.2, -0.15) is 0 Å². The van der Waals surface area contributed by atoms with Crippen LogP contribution in [0.3, 0.4) is 0 Å². The maximum absolute atomic E-state index is 13.1. The van der Waals surface area contributed by atoms with Crippen molar-refractivity contribution in [1.29, 1.82) is 0 Å². The van der Waals surface area contributed by atoms with Crippen LogP contribution in [0.25, 0.3) is 10.9 Å². The number of hydrogen-bond acceptors (Lipinski definition) is 3. The number of carbonyl (C=O) groups excluding carboxylic acids is 1. The van der Waals surface area contributed by atoms with Crippen LogP contribution in [-0.4, -0.2) is 46.3 Å². The number of amides is 1. The smallest absolute Gasteiger partial charge is 0.270 e. The second kappa shape index (κ2) is 6.92. The predicted molar refractivity (Wildman–Crippen MR) is 103 cm³/mol. The van der Waals surface area contributed by atoms with Crippen molar-refractivity contribution in [3.63, 3.8) is 0 Å². The van der Waals surface area contributed by atoms with E-state index in [2.05, 4.69) is 27.0 Å². The number of aromatic nitrogens is 2. The zero-order valence-corrected chi connectivity index (χ0v) is 15.3. The molecule has 5 nitrogen and oxygen atoms in total. The van der Waals surface area contributed by atoms with Crippen molar-refractivity contribution >= 4 is 16.8 Å². The van der Waals surface area contributed by atoms with Crippen LogP contribution in [0.1, 0.15) is 40.6 Å². The van der Waals surface area contributed by atoms with E-state index in [1.165, 1.54) is 5.56 Å². The molecule has 0 saturated carbocycles. The quantitative estimate of drug-likeness (QED) is 0.784. The first-order valence-corrected chi connectivity index (χ1v) is 9.10. The largest absolute Gasteiger partial charge is 0.351 e. The molecule has 0 aliphatic carbocycles. The standard InChI is InChI=1S/C21H24N4O/c1-24(2)14-15-9-10-18(22-13-15)20-8-5-11-25(20)21(26)19-12-16-6-3-4-7-17(16)23-19/h3-4,6-7,9-10,12-13,20,23H,5,8,11,14H2,1-2H3/t20-/m0/s1. The highest BCUT2D eigenvalue weighted by Crippen LogP contribution is 2.32. The second-order valence-electron chi connectivity index (χ2n) is 7.26. The maximum Gasteiger partial charge on any atom is 0.270 e. The number of nitrogens with one attached hydrogen (secondary N) is 1. The van der Waals surface area contributed by atoms with Crippen LogP contribution in [-0.2, 0) is 6.54 Å². The fraction of sp³-hybridized carbons (Fsp3) is 0.333. The molecule has 3 aromatic rings. The first kappa shape index (κ1) is 16.8. The van der Waals surface area contributed by atoms with Crippen LogP contribution >= 0.6 is 0 Å². The zero-order valence-electron chi connectivity index (χ0n) is 15.3. The molecule has 0 unspecified atom stereocenters. The molecule has 5 heteroatoms. The van der Waals surface area contributed by atoms with E-state index in [1.54, 1.807) is 0 Å². The van der Waals surface area contributed by atoms with Crippen LogP contribution < -0.4 is 0 Å². The third kappa shape index (κ3) is 3.22. The van der Waals surface area contributed by atoms with Gasteiger partial charge >= 0.3 is 0 Å². The Kier molecular flexibility index (Phi) is 4.47. The molecular weight excluding hydrogens is 324 g/mol. The van der Waals surface area contributed by atoms with Crippen LogP contribution in [0, 0.1) is 0 Å². The second-order valence-corrected chi connectivity index (χ2v) is 7.26. The lowest BCUT2D eigenvalue weighted by Gasteiger charge is -2.24. The van der Waals surface area contributed by atoms with E-state index < -0.39 is 0 Å². The van der Waals surface area contributed by atoms with E-state index in [0.29, 0.717) is 5.69 Å². The lowest BCUT2D eigenvalue weighted by atomic mass is 10.1. The van der Waals surface area contributed by atoms with Gasteiger partial charge in [0.05, 0.1) is 11.7 Å². The van der Waals surface area contributed by atoms with Crippen molar-refractivity contribution in [2.75, 3.05) is 20.6 Å². The normalized spacial score (nSPS) is 17.3. The minimum Gasteiger partial charge on any atom is -0.351 e. The average Bonchev–Trinajstić information content (AvgIpc) is 3.28. The summed E-state index contributed by atoms with van der Waals surface area (Å²) in [5, 5.41) is 1.07. The molecule has 1 fully saturated rings. The SMILES string of the molecule is CN(C)Cc1ccc([C@@H]2CCCN2C(=O)c2cc3ccccc3[nH]2)nc1. The number of pyridine rings is 1. The molecule has 2 aromatic heterocycles. The van der Waals surface area contributed by atoms with E-state index in [-0.39, 0.29) is 11.9 Å². The van der Waals surface area contributed by atoms with E-state index in [4.69, 9.17) is 0 Å². The van der Waals surface area contributed by atoms with Gasteiger partial charge in [0.1, 0.15) is 5.69 Å². The summed E-state index contributed by atoms with van der Waals surface area (Å²) < 4.78 is 0. The molecule has 26 heavy (non-hydrogen) atoms. The predicted octanol–water partition coefficient (Wildman–Crippen LogP) is 3.60. The summed E-state index contributed by atoms with van der Waals surface area (Å²) in [6, 6.07) is 14.2. The topological polar surface area (TPSA) is 52.2 Å². The van der Waals surface area contributed by atoms with Gasteiger partial charge in [-0.3, -0.25) is 9.78 Å². The summed E-state index contributed by atoms with van der Waals surface area (Å²) in [7, 11) is 4.09. The number of nitrogens with zero attached hydrogens (tertiary/aromatic N) is 3. The van der Waals surface area contributed by atoms with Gasteiger partial charge < -0.3 is 14.8 Å². The van der Waals surface area contributed by atoms with Gasteiger partial charge in [0.15, 0.2) is 0 Å². The van der Waals surface area contributed by atoms with Crippen molar-refractivity contribution in [3.05, 3.63) is 65.6 Å². The Labute approximate surface area is 153 Å². The Morgan fingerprint density at radius 2 is 2.12 bits per heavy atom. The lowest BCUT2D eigenvalue weighted by Crippen LogP contribution is -2.31. The van der Waals surface area contributed by atoms with Gasteiger partial charge in [-0.05, 0) is 50.7 Å². The number of carbonyl (C=O) groups is 1. The van der Waals surface area contributed by atoms with E-state index in [1.807, 2.05) is 55.5 Å². The number of para-hydroxylation sites is 1. The number of benzene rings is 1. The van der Waals surface area contributed by atoms with Gasteiger partial charge in [-0.25, -0.2) is 0 Å². The molecule has 1 aliphatic heterocycles. The molecule has 0 radical (unpaired) electrons.